The van der Waals surface area contributed by atoms with E-state index >= 15 is 0 Å². The van der Waals surface area contributed by atoms with Crippen molar-refractivity contribution in [1.82, 2.24) is 14.3 Å². The molecule has 0 fully saturated rings. The summed E-state index contributed by atoms with van der Waals surface area (Å²) in [5.41, 5.74) is -0.420. The smallest absolute Gasteiger partial charge is 0.422 e. The van der Waals surface area contributed by atoms with E-state index in [1.807, 2.05) is 0 Å². The minimum Gasteiger partial charge on any atom is -0.482 e. The molecule has 0 unspecified atom stereocenters. The van der Waals surface area contributed by atoms with Gasteiger partial charge >= 0.3 is 6.18 Å². The van der Waals surface area contributed by atoms with Crippen molar-refractivity contribution in [2.24, 2.45) is 0 Å². The Balaban J connectivity index is 1.58. The third kappa shape index (κ3) is 5.14. The number of halogens is 4. The number of para-hydroxylation sites is 2. The molecule has 34 heavy (non-hydrogen) atoms. The Labute approximate surface area is 189 Å². The molecule has 1 N–H and O–H groups in total. The number of hydrogen-bond acceptors (Lipinski definition) is 4. The molecule has 0 atom stereocenters. The molecule has 2 aromatic carbocycles. The number of carbonyl (C=O) groups excluding carboxylic acids is 1. The van der Waals surface area contributed by atoms with Crippen LogP contribution in [-0.4, -0.2) is 33.0 Å². The maximum atomic E-state index is 13.1. The van der Waals surface area contributed by atoms with E-state index in [1.54, 1.807) is 6.20 Å². The summed E-state index contributed by atoms with van der Waals surface area (Å²) in [7, 11) is 0. The number of anilines is 1. The average Bonchev–Trinajstić information content (AvgIpc) is 3.26. The number of amides is 1. The van der Waals surface area contributed by atoms with Crippen molar-refractivity contribution in [2.75, 3.05) is 11.9 Å². The lowest BCUT2D eigenvalue weighted by Gasteiger charge is -2.15. The van der Waals surface area contributed by atoms with Gasteiger partial charge in [0.05, 0.1) is 11.4 Å². The van der Waals surface area contributed by atoms with Crippen molar-refractivity contribution < 1.29 is 27.1 Å². The first-order valence-electron chi connectivity index (χ1n) is 9.85. The lowest BCUT2D eigenvalue weighted by atomic mass is 10.2. The minimum absolute atomic E-state index is 0.0481. The van der Waals surface area contributed by atoms with Gasteiger partial charge in [0.1, 0.15) is 17.1 Å². The first kappa shape index (κ1) is 22.8. The number of aromatic nitrogens is 3. The van der Waals surface area contributed by atoms with E-state index in [9.17, 15) is 27.2 Å². The molecule has 7 nitrogen and oxygen atoms in total. The van der Waals surface area contributed by atoms with Crippen molar-refractivity contribution in [3.05, 3.63) is 101 Å². The summed E-state index contributed by atoms with van der Waals surface area (Å²) >= 11 is 0. The third-order valence-corrected chi connectivity index (χ3v) is 4.63. The van der Waals surface area contributed by atoms with Crippen molar-refractivity contribution in [3.8, 4) is 17.1 Å². The van der Waals surface area contributed by atoms with Crippen LogP contribution in [-0.2, 0) is 0 Å². The van der Waals surface area contributed by atoms with Crippen molar-refractivity contribution in [1.29, 1.82) is 0 Å². The predicted molar refractivity (Wildman–Crippen MR) is 115 cm³/mol. The van der Waals surface area contributed by atoms with Gasteiger partial charge in [-0.1, -0.05) is 12.1 Å². The van der Waals surface area contributed by atoms with E-state index in [0.717, 1.165) is 4.57 Å². The molecule has 2 heterocycles. The lowest BCUT2D eigenvalue weighted by Crippen LogP contribution is -2.28. The van der Waals surface area contributed by atoms with E-state index in [-0.39, 0.29) is 22.8 Å². The quantitative estimate of drug-likeness (QED) is 0.423. The van der Waals surface area contributed by atoms with Crippen LogP contribution in [0.15, 0.2) is 83.9 Å². The summed E-state index contributed by atoms with van der Waals surface area (Å²) in [6.07, 6.45) is -1.70. The summed E-state index contributed by atoms with van der Waals surface area (Å²) < 4.78 is 58.1. The Morgan fingerprint density at radius 1 is 0.971 bits per heavy atom. The fourth-order valence-electron chi connectivity index (χ4n) is 3.11. The fourth-order valence-corrected chi connectivity index (χ4v) is 3.11. The Morgan fingerprint density at radius 2 is 1.71 bits per heavy atom. The van der Waals surface area contributed by atoms with Crippen LogP contribution in [0.25, 0.3) is 11.4 Å². The normalized spacial score (nSPS) is 11.3. The van der Waals surface area contributed by atoms with Gasteiger partial charge in [-0.25, -0.2) is 9.07 Å². The molecule has 0 saturated carbocycles. The molecule has 1 amide bonds. The van der Waals surface area contributed by atoms with E-state index in [0.29, 0.717) is 5.69 Å². The number of alkyl halides is 3. The van der Waals surface area contributed by atoms with Crippen LogP contribution in [0.2, 0.25) is 0 Å². The van der Waals surface area contributed by atoms with E-state index in [2.05, 4.69) is 10.4 Å². The van der Waals surface area contributed by atoms with Crippen LogP contribution in [0.4, 0.5) is 23.4 Å². The van der Waals surface area contributed by atoms with Gasteiger partial charge in [0.15, 0.2) is 12.4 Å². The average molecular weight is 472 g/mol. The summed E-state index contributed by atoms with van der Waals surface area (Å²) in [6, 6.07) is 15.4. The molecule has 0 aliphatic rings. The number of benzene rings is 2. The molecule has 4 rings (SSSR count). The maximum Gasteiger partial charge on any atom is 0.422 e. The second-order valence-corrected chi connectivity index (χ2v) is 7.04. The topological polar surface area (TPSA) is 78.2 Å². The molecular formula is C23H16F4N4O3. The number of pyridine rings is 1. The number of hydrogen-bond donors (Lipinski definition) is 1. The molecule has 4 aromatic rings. The number of nitrogens with zero attached hydrogens (tertiary/aromatic N) is 3. The van der Waals surface area contributed by atoms with Crippen LogP contribution in [0.3, 0.4) is 0 Å². The SMILES string of the molecule is O=C(Nc1ccn(-c2ccc(F)cc2)n1)c1cccn(-c2ccccc2OCC(F)(F)F)c1=O. The summed E-state index contributed by atoms with van der Waals surface area (Å²) in [5.74, 6) is -1.21. The zero-order valence-electron chi connectivity index (χ0n) is 17.3. The van der Waals surface area contributed by atoms with Gasteiger partial charge in [-0.05, 0) is 48.5 Å². The van der Waals surface area contributed by atoms with Gasteiger partial charge in [0.25, 0.3) is 11.5 Å². The Kier molecular flexibility index (Phi) is 6.17. The van der Waals surface area contributed by atoms with Gasteiger partial charge in [0.2, 0.25) is 0 Å². The highest BCUT2D eigenvalue weighted by atomic mass is 19.4. The van der Waals surface area contributed by atoms with Gasteiger partial charge in [-0.3, -0.25) is 14.2 Å². The molecular weight excluding hydrogens is 456 g/mol. The maximum absolute atomic E-state index is 13.1. The van der Waals surface area contributed by atoms with Crippen LogP contribution in [0, 0.1) is 5.82 Å². The fraction of sp³-hybridized carbons (Fsp3) is 0.0870. The van der Waals surface area contributed by atoms with Crippen molar-refractivity contribution >= 4 is 11.7 Å². The number of nitrogens with one attached hydrogen (secondary N) is 1. The van der Waals surface area contributed by atoms with Crippen molar-refractivity contribution in [3.63, 3.8) is 0 Å². The number of carbonyl (C=O) groups is 1. The van der Waals surface area contributed by atoms with Gasteiger partial charge in [-0.15, -0.1) is 0 Å². The lowest BCUT2D eigenvalue weighted by molar-refractivity contribution is -0.153. The van der Waals surface area contributed by atoms with E-state index < -0.39 is 30.1 Å². The number of rotatable bonds is 6. The highest BCUT2D eigenvalue weighted by Crippen LogP contribution is 2.24. The molecule has 0 saturated heterocycles. The van der Waals surface area contributed by atoms with Crippen molar-refractivity contribution in [2.45, 2.75) is 6.18 Å². The minimum atomic E-state index is -4.56. The molecule has 0 aliphatic carbocycles. The second-order valence-electron chi connectivity index (χ2n) is 7.04. The molecule has 0 spiro atoms. The van der Waals surface area contributed by atoms with Crippen LogP contribution in [0.1, 0.15) is 10.4 Å². The molecule has 0 aliphatic heterocycles. The summed E-state index contributed by atoms with van der Waals surface area (Å²) in [6.45, 7) is -1.53. The van der Waals surface area contributed by atoms with Gasteiger partial charge in [-0.2, -0.15) is 18.3 Å². The monoisotopic (exact) mass is 472 g/mol. The highest BCUT2D eigenvalue weighted by Gasteiger charge is 2.29. The molecule has 11 heteroatoms. The standard InChI is InChI=1S/C23H16F4N4O3/c24-15-7-9-16(10-8-15)31-13-11-20(29-31)28-21(32)17-4-3-12-30(22(17)33)18-5-1-2-6-19(18)34-14-23(25,26)27/h1-13H,14H2,(H,28,29,32). The molecule has 0 radical (unpaired) electrons. The first-order valence-corrected chi connectivity index (χ1v) is 9.85. The third-order valence-electron chi connectivity index (χ3n) is 4.63. The molecule has 0 bridgehead atoms. The largest absolute Gasteiger partial charge is 0.482 e. The zero-order chi connectivity index (χ0) is 24.3. The van der Waals surface area contributed by atoms with E-state index in [4.69, 9.17) is 4.74 Å². The Morgan fingerprint density at radius 3 is 2.44 bits per heavy atom. The number of ether oxygens (including phenoxy) is 1. The molecule has 174 valence electrons. The summed E-state index contributed by atoms with van der Waals surface area (Å²) in [4.78, 5) is 25.7. The predicted octanol–water partition coefficient (Wildman–Crippen LogP) is 4.36. The van der Waals surface area contributed by atoms with E-state index in [1.165, 1.54) is 77.6 Å². The highest BCUT2D eigenvalue weighted by molar-refractivity contribution is 6.03. The zero-order valence-corrected chi connectivity index (χ0v) is 17.3. The van der Waals surface area contributed by atoms with Gasteiger partial charge in [0, 0.05) is 18.5 Å². The van der Waals surface area contributed by atoms with Crippen LogP contribution < -0.4 is 15.6 Å². The summed E-state index contributed by atoms with van der Waals surface area (Å²) in [5, 5.41) is 6.67. The Bertz CT molecular complexity index is 1380. The van der Waals surface area contributed by atoms with Crippen LogP contribution in [0.5, 0.6) is 5.75 Å². The first-order chi connectivity index (χ1) is 16.2. The molecule has 2 aromatic heterocycles. The second kappa shape index (κ2) is 9.22. The van der Waals surface area contributed by atoms with Crippen LogP contribution >= 0.6 is 0 Å². The van der Waals surface area contributed by atoms with Gasteiger partial charge < -0.3 is 10.1 Å². The Hall–Kier alpha value is -4.41.